The Balaban J connectivity index is 2.05. The standard InChI is InChI=1S/C12H11BrN2O/c1-9-3-2-4-15-12(9)8-16-11-5-10(13)6-14-7-11/h2-7H,8H2,1H3. The van der Waals surface area contributed by atoms with Crippen molar-refractivity contribution in [3.8, 4) is 5.75 Å². The van der Waals surface area contributed by atoms with Gasteiger partial charge in [-0.25, -0.2) is 0 Å². The van der Waals surface area contributed by atoms with E-state index < -0.39 is 0 Å². The first-order valence-electron chi connectivity index (χ1n) is 4.89. The number of ether oxygens (including phenoxy) is 1. The van der Waals surface area contributed by atoms with Crippen LogP contribution < -0.4 is 4.74 Å². The molecule has 0 aromatic carbocycles. The van der Waals surface area contributed by atoms with Gasteiger partial charge in [-0.1, -0.05) is 6.07 Å². The Hall–Kier alpha value is -1.42. The van der Waals surface area contributed by atoms with Gasteiger partial charge in [0.25, 0.3) is 0 Å². The quantitative estimate of drug-likeness (QED) is 0.865. The van der Waals surface area contributed by atoms with E-state index in [0.717, 1.165) is 21.5 Å². The van der Waals surface area contributed by atoms with E-state index in [-0.39, 0.29) is 0 Å². The molecule has 2 heterocycles. The summed E-state index contributed by atoms with van der Waals surface area (Å²) in [6.07, 6.45) is 5.17. The number of nitrogens with zero attached hydrogens (tertiary/aromatic N) is 2. The van der Waals surface area contributed by atoms with Crippen LogP contribution in [0.25, 0.3) is 0 Å². The Bertz CT molecular complexity index is 488. The van der Waals surface area contributed by atoms with Crippen molar-refractivity contribution in [1.82, 2.24) is 9.97 Å². The number of pyridine rings is 2. The number of aryl methyl sites for hydroxylation is 1. The highest BCUT2D eigenvalue weighted by Gasteiger charge is 2.00. The molecule has 2 aromatic heterocycles. The van der Waals surface area contributed by atoms with Gasteiger partial charge in [-0.3, -0.25) is 9.97 Å². The largest absolute Gasteiger partial charge is 0.486 e. The summed E-state index contributed by atoms with van der Waals surface area (Å²) in [6, 6.07) is 5.82. The second kappa shape index (κ2) is 5.07. The molecule has 0 aliphatic rings. The molecule has 2 aromatic rings. The zero-order valence-electron chi connectivity index (χ0n) is 8.85. The summed E-state index contributed by atoms with van der Waals surface area (Å²) < 4.78 is 6.50. The lowest BCUT2D eigenvalue weighted by Gasteiger charge is -2.07. The molecule has 0 saturated heterocycles. The lowest BCUT2D eigenvalue weighted by Crippen LogP contribution is -2.00. The van der Waals surface area contributed by atoms with E-state index in [4.69, 9.17) is 4.74 Å². The van der Waals surface area contributed by atoms with Crippen LogP contribution in [0.15, 0.2) is 41.3 Å². The average molecular weight is 279 g/mol. The third kappa shape index (κ3) is 2.79. The Labute approximate surface area is 103 Å². The first-order valence-corrected chi connectivity index (χ1v) is 5.69. The minimum absolute atomic E-state index is 0.463. The zero-order chi connectivity index (χ0) is 11.4. The van der Waals surface area contributed by atoms with E-state index in [1.807, 2.05) is 25.1 Å². The predicted octanol–water partition coefficient (Wildman–Crippen LogP) is 3.13. The van der Waals surface area contributed by atoms with Crippen molar-refractivity contribution >= 4 is 15.9 Å². The Kier molecular flexibility index (Phi) is 3.51. The van der Waals surface area contributed by atoms with Crippen molar-refractivity contribution in [3.63, 3.8) is 0 Å². The van der Waals surface area contributed by atoms with Gasteiger partial charge in [0, 0.05) is 16.9 Å². The zero-order valence-corrected chi connectivity index (χ0v) is 10.4. The van der Waals surface area contributed by atoms with Gasteiger partial charge in [0.15, 0.2) is 0 Å². The maximum Gasteiger partial charge on any atom is 0.139 e. The second-order valence-electron chi connectivity index (χ2n) is 3.39. The summed E-state index contributed by atoms with van der Waals surface area (Å²) in [5.74, 6) is 0.736. The Morgan fingerprint density at radius 3 is 3.00 bits per heavy atom. The molecule has 0 spiro atoms. The highest BCUT2D eigenvalue weighted by molar-refractivity contribution is 9.10. The molecule has 2 rings (SSSR count). The van der Waals surface area contributed by atoms with Gasteiger partial charge in [0.05, 0.1) is 11.9 Å². The number of hydrogen-bond acceptors (Lipinski definition) is 3. The van der Waals surface area contributed by atoms with E-state index in [2.05, 4.69) is 25.9 Å². The van der Waals surface area contributed by atoms with Crippen molar-refractivity contribution < 1.29 is 4.74 Å². The Morgan fingerprint density at radius 2 is 2.25 bits per heavy atom. The monoisotopic (exact) mass is 278 g/mol. The minimum Gasteiger partial charge on any atom is -0.486 e. The molecule has 4 heteroatoms. The minimum atomic E-state index is 0.463. The molecule has 0 fully saturated rings. The summed E-state index contributed by atoms with van der Waals surface area (Å²) in [6.45, 7) is 2.48. The maximum atomic E-state index is 5.60. The predicted molar refractivity (Wildman–Crippen MR) is 65.2 cm³/mol. The molecule has 0 saturated carbocycles. The van der Waals surface area contributed by atoms with Gasteiger partial charge in [-0.05, 0) is 40.5 Å². The van der Waals surface area contributed by atoms with Gasteiger partial charge in [-0.15, -0.1) is 0 Å². The smallest absolute Gasteiger partial charge is 0.139 e. The molecule has 0 aliphatic heterocycles. The topological polar surface area (TPSA) is 35.0 Å². The number of aromatic nitrogens is 2. The lowest BCUT2D eigenvalue weighted by molar-refractivity contribution is 0.299. The number of halogens is 1. The maximum absolute atomic E-state index is 5.60. The van der Waals surface area contributed by atoms with Gasteiger partial charge in [-0.2, -0.15) is 0 Å². The normalized spacial score (nSPS) is 10.1. The molecule has 0 atom stereocenters. The molecule has 3 nitrogen and oxygen atoms in total. The van der Waals surface area contributed by atoms with E-state index in [1.54, 1.807) is 18.6 Å². The third-order valence-corrected chi connectivity index (χ3v) is 2.61. The molecular formula is C12H11BrN2O. The fourth-order valence-corrected chi connectivity index (χ4v) is 1.64. The molecular weight excluding hydrogens is 268 g/mol. The number of rotatable bonds is 3. The first-order chi connectivity index (χ1) is 7.75. The van der Waals surface area contributed by atoms with Crippen molar-refractivity contribution in [1.29, 1.82) is 0 Å². The summed E-state index contributed by atoms with van der Waals surface area (Å²) in [7, 11) is 0. The molecule has 16 heavy (non-hydrogen) atoms. The summed E-state index contributed by atoms with van der Waals surface area (Å²) in [5.41, 5.74) is 2.08. The van der Waals surface area contributed by atoms with Gasteiger partial charge in [0.1, 0.15) is 12.4 Å². The van der Waals surface area contributed by atoms with Crippen LogP contribution in [0.4, 0.5) is 0 Å². The summed E-state index contributed by atoms with van der Waals surface area (Å²) in [5, 5.41) is 0. The lowest BCUT2D eigenvalue weighted by atomic mass is 10.2. The van der Waals surface area contributed by atoms with Crippen molar-refractivity contribution in [3.05, 3.63) is 52.5 Å². The van der Waals surface area contributed by atoms with Crippen LogP contribution in [0.5, 0.6) is 5.75 Å². The molecule has 0 unspecified atom stereocenters. The van der Waals surface area contributed by atoms with E-state index in [0.29, 0.717) is 6.61 Å². The molecule has 0 radical (unpaired) electrons. The van der Waals surface area contributed by atoms with Crippen LogP contribution in [0.3, 0.4) is 0 Å². The van der Waals surface area contributed by atoms with Crippen LogP contribution in [-0.2, 0) is 6.61 Å². The van der Waals surface area contributed by atoms with Gasteiger partial charge >= 0.3 is 0 Å². The van der Waals surface area contributed by atoms with E-state index in [9.17, 15) is 0 Å². The molecule has 82 valence electrons. The van der Waals surface area contributed by atoms with Crippen molar-refractivity contribution in [2.75, 3.05) is 0 Å². The van der Waals surface area contributed by atoms with Crippen molar-refractivity contribution in [2.45, 2.75) is 13.5 Å². The summed E-state index contributed by atoms with van der Waals surface area (Å²) >= 11 is 3.34. The average Bonchev–Trinajstić information content (AvgIpc) is 2.28. The molecule has 0 amide bonds. The van der Waals surface area contributed by atoms with Crippen LogP contribution >= 0.6 is 15.9 Å². The van der Waals surface area contributed by atoms with Gasteiger partial charge < -0.3 is 4.74 Å². The highest BCUT2D eigenvalue weighted by atomic mass is 79.9. The Morgan fingerprint density at radius 1 is 1.38 bits per heavy atom. The van der Waals surface area contributed by atoms with E-state index in [1.165, 1.54) is 0 Å². The second-order valence-corrected chi connectivity index (χ2v) is 4.31. The highest BCUT2D eigenvalue weighted by Crippen LogP contribution is 2.17. The fourth-order valence-electron chi connectivity index (χ4n) is 1.29. The number of hydrogen-bond donors (Lipinski definition) is 0. The van der Waals surface area contributed by atoms with Gasteiger partial charge in [0.2, 0.25) is 0 Å². The van der Waals surface area contributed by atoms with Crippen LogP contribution in [0, 0.1) is 6.92 Å². The molecule has 0 bridgehead atoms. The fraction of sp³-hybridized carbons (Fsp3) is 0.167. The summed E-state index contributed by atoms with van der Waals surface area (Å²) in [4.78, 5) is 8.29. The van der Waals surface area contributed by atoms with Crippen molar-refractivity contribution in [2.24, 2.45) is 0 Å². The van der Waals surface area contributed by atoms with Crippen LogP contribution in [0.2, 0.25) is 0 Å². The first kappa shape index (κ1) is 11.1. The SMILES string of the molecule is Cc1cccnc1COc1cncc(Br)c1. The van der Waals surface area contributed by atoms with Crippen LogP contribution in [0.1, 0.15) is 11.3 Å². The molecule has 0 aliphatic carbocycles. The molecule has 0 N–H and O–H groups in total. The van der Waals surface area contributed by atoms with Crippen LogP contribution in [-0.4, -0.2) is 9.97 Å². The van der Waals surface area contributed by atoms with E-state index >= 15 is 0 Å². The third-order valence-electron chi connectivity index (χ3n) is 2.17.